The molecule has 0 aliphatic rings. The van der Waals surface area contributed by atoms with Crippen molar-refractivity contribution in [2.75, 3.05) is 6.61 Å². The van der Waals surface area contributed by atoms with Gasteiger partial charge in [0.25, 0.3) is 0 Å². The Hall–Kier alpha value is -0.800. The molecule has 0 saturated heterocycles. The number of halogens is 1. The Morgan fingerprint density at radius 1 is 1.29 bits per heavy atom. The second kappa shape index (κ2) is 4.15. The van der Waals surface area contributed by atoms with Gasteiger partial charge in [-0.3, -0.25) is 0 Å². The maximum absolute atomic E-state index is 8.73. The highest BCUT2D eigenvalue weighted by molar-refractivity contribution is 9.10. The summed E-state index contributed by atoms with van der Waals surface area (Å²) in [5.74, 6) is 0. The molecule has 1 aromatic heterocycles. The molecule has 74 valence electrons. The minimum absolute atomic E-state index is 0.249. The molecule has 2 N–H and O–H groups in total. The van der Waals surface area contributed by atoms with Gasteiger partial charge < -0.3 is 10.1 Å². The first-order chi connectivity index (χ1) is 6.79. The second-order valence-electron chi connectivity index (χ2n) is 3.35. The average molecular weight is 254 g/mol. The van der Waals surface area contributed by atoms with Crippen molar-refractivity contribution in [2.24, 2.45) is 0 Å². The van der Waals surface area contributed by atoms with Crippen molar-refractivity contribution < 1.29 is 5.11 Å². The van der Waals surface area contributed by atoms with E-state index in [0.717, 1.165) is 22.8 Å². The molecule has 3 heteroatoms. The number of H-pyrrole nitrogens is 1. The first-order valence-electron chi connectivity index (χ1n) is 4.67. The number of aryl methyl sites for hydroxylation is 1. The Morgan fingerprint density at radius 2 is 2.14 bits per heavy atom. The summed E-state index contributed by atoms with van der Waals surface area (Å²) in [6, 6.07) is 8.32. The van der Waals surface area contributed by atoms with Crippen LogP contribution < -0.4 is 0 Å². The number of aliphatic hydroxyl groups excluding tert-OH is 1. The maximum atomic E-state index is 8.73. The number of benzene rings is 1. The van der Waals surface area contributed by atoms with Gasteiger partial charge >= 0.3 is 0 Å². The van der Waals surface area contributed by atoms with Crippen LogP contribution in [0.5, 0.6) is 0 Å². The molecule has 0 bridgehead atoms. The van der Waals surface area contributed by atoms with Crippen LogP contribution in [-0.2, 0) is 6.42 Å². The summed E-state index contributed by atoms with van der Waals surface area (Å²) >= 11 is 3.43. The van der Waals surface area contributed by atoms with E-state index in [4.69, 9.17) is 5.11 Å². The zero-order valence-electron chi connectivity index (χ0n) is 7.76. The van der Waals surface area contributed by atoms with Gasteiger partial charge in [0.1, 0.15) is 0 Å². The summed E-state index contributed by atoms with van der Waals surface area (Å²) in [6.45, 7) is 0.249. The summed E-state index contributed by atoms with van der Waals surface area (Å²) in [7, 11) is 0. The van der Waals surface area contributed by atoms with Gasteiger partial charge in [-0.1, -0.05) is 22.0 Å². The first kappa shape index (κ1) is 9.74. The molecule has 14 heavy (non-hydrogen) atoms. The molecule has 1 heterocycles. The Morgan fingerprint density at radius 3 is 2.93 bits per heavy atom. The van der Waals surface area contributed by atoms with Gasteiger partial charge in [0.05, 0.1) is 0 Å². The first-order valence-corrected chi connectivity index (χ1v) is 5.47. The van der Waals surface area contributed by atoms with E-state index in [2.05, 4.69) is 39.1 Å². The lowest BCUT2D eigenvalue weighted by Gasteiger charge is -1.92. The van der Waals surface area contributed by atoms with Crippen LogP contribution in [-0.4, -0.2) is 16.7 Å². The Bertz CT molecular complexity index is 436. The van der Waals surface area contributed by atoms with Gasteiger partial charge in [-0.25, -0.2) is 0 Å². The van der Waals surface area contributed by atoms with Gasteiger partial charge in [0.15, 0.2) is 0 Å². The van der Waals surface area contributed by atoms with Crippen molar-refractivity contribution in [3.63, 3.8) is 0 Å². The summed E-state index contributed by atoms with van der Waals surface area (Å²) < 4.78 is 1.08. The summed E-state index contributed by atoms with van der Waals surface area (Å²) in [5.41, 5.74) is 2.33. The Labute approximate surface area is 91.1 Å². The molecule has 0 spiro atoms. The van der Waals surface area contributed by atoms with Crippen molar-refractivity contribution in [3.8, 4) is 0 Å². The van der Waals surface area contributed by atoms with E-state index >= 15 is 0 Å². The van der Waals surface area contributed by atoms with Gasteiger partial charge in [-0.15, -0.1) is 0 Å². The van der Waals surface area contributed by atoms with E-state index in [-0.39, 0.29) is 6.61 Å². The van der Waals surface area contributed by atoms with Gasteiger partial charge in [-0.2, -0.15) is 0 Å². The molecule has 0 fully saturated rings. The third-order valence-electron chi connectivity index (χ3n) is 2.24. The Kier molecular flexibility index (Phi) is 2.89. The van der Waals surface area contributed by atoms with Crippen molar-refractivity contribution in [3.05, 3.63) is 34.4 Å². The third kappa shape index (κ3) is 1.99. The average Bonchev–Trinajstić information content (AvgIpc) is 2.56. The molecular weight excluding hydrogens is 242 g/mol. The lowest BCUT2D eigenvalue weighted by molar-refractivity contribution is 0.288. The Balaban J connectivity index is 2.32. The quantitative estimate of drug-likeness (QED) is 0.868. The number of rotatable bonds is 3. The predicted octanol–water partition coefficient (Wildman–Crippen LogP) is 2.86. The zero-order chi connectivity index (χ0) is 9.97. The summed E-state index contributed by atoms with van der Waals surface area (Å²) in [6.07, 6.45) is 1.72. The van der Waals surface area contributed by atoms with Gasteiger partial charge in [-0.05, 0) is 36.4 Å². The highest BCUT2D eigenvalue weighted by Gasteiger charge is 2.00. The molecular formula is C11H12BrNO. The summed E-state index contributed by atoms with van der Waals surface area (Å²) in [4.78, 5) is 3.33. The van der Waals surface area contributed by atoms with Crippen LogP contribution in [0.2, 0.25) is 0 Å². The predicted molar refractivity (Wildman–Crippen MR) is 61.4 cm³/mol. The normalized spacial score (nSPS) is 11.0. The van der Waals surface area contributed by atoms with Crippen molar-refractivity contribution in [2.45, 2.75) is 12.8 Å². The monoisotopic (exact) mass is 253 g/mol. The number of hydrogen-bond acceptors (Lipinski definition) is 1. The molecule has 0 radical (unpaired) electrons. The van der Waals surface area contributed by atoms with Crippen LogP contribution in [0, 0.1) is 0 Å². The zero-order valence-corrected chi connectivity index (χ0v) is 9.34. The molecule has 0 aliphatic heterocycles. The molecule has 1 aromatic carbocycles. The molecule has 0 saturated carbocycles. The van der Waals surface area contributed by atoms with Crippen LogP contribution in [0.15, 0.2) is 28.7 Å². The number of aromatic nitrogens is 1. The fourth-order valence-corrected chi connectivity index (χ4v) is 1.92. The van der Waals surface area contributed by atoms with E-state index < -0.39 is 0 Å². The van der Waals surface area contributed by atoms with Gasteiger partial charge in [0.2, 0.25) is 0 Å². The highest BCUT2D eigenvalue weighted by atomic mass is 79.9. The van der Waals surface area contributed by atoms with E-state index in [1.807, 2.05) is 6.07 Å². The van der Waals surface area contributed by atoms with Crippen LogP contribution in [0.3, 0.4) is 0 Å². The minimum atomic E-state index is 0.249. The lowest BCUT2D eigenvalue weighted by Crippen LogP contribution is -1.88. The largest absolute Gasteiger partial charge is 0.396 e. The molecule has 0 amide bonds. The van der Waals surface area contributed by atoms with Crippen molar-refractivity contribution in [1.29, 1.82) is 0 Å². The molecule has 0 unspecified atom stereocenters. The minimum Gasteiger partial charge on any atom is -0.396 e. The van der Waals surface area contributed by atoms with Crippen LogP contribution in [0.1, 0.15) is 12.1 Å². The SMILES string of the molecule is OCCCc1cc2ccc(Br)cc2[nH]1. The molecule has 2 aromatic rings. The van der Waals surface area contributed by atoms with E-state index in [1.54, 1.807) is 0 Å². The van der Waals surface area contributed by atoms with E-state index in [0.29, 0.717) is 0 Å². The standard InChI is InChI=1S/C11H12BrNO/c12-9-4-3-8-6-10(2-1-5-14)13-11(8)7-9/h3-4,6-7,13-14H,1-2,5H2. The number of hydrogen-bond donors (Lipinski definition) is 2. The fourth-order valence-electron chi connectivity index (χ4n) is 1.56. The van der Waals surface area contributed by atoms with Crippen LogP contribution in [0.25, 0.3) is 10.9 Å². The topological polar surface area (TPSA) is 36.0 Å². The van der Waals surface area contributed by atoms with Gasteiger partial charge in [0, 0.05) is 22.3 Å². The van der Waals surface area contributed by atoms with Crippen LogP contribution in [0.4, 0.5) is 0 Å². The summed E-state index contributed by atoms with van der Waals surface area (Å²) in [5, 5.41) is 9.95. The second-order valence-corrected chi connectivity index (χ2v) is 4.27. The molecule has 2 rings (SSSR count). The molecule has 0 aliphatic carbocycles. The van der Waals surface area contributed by atoms with Crippen LogP contribution >= 0.6 is 15.9 Å². The maximum Gasteiger partial charge on any atom is 0.0467 e. The van der Waals surface area contributed by atoms with Crippen molar-refractivity contribution >= 4 is 26.8 Å². The molecule has 0 atom stereocenters. The van der Waals surface area contributed by atoms with E-state index in [9.17, 15) is 0 Å². The van der Waals surface area contributed by atoms with E-state index in [1.165, 1.54) is 11.1 Å². The van der Waals surface area contributed by atoms with Crippen molar-refractivity contribution in [1.82, 2.24) is 4.98 Å². The number of aliphatic hydroxyl groups is 1. The fraction of sp³-hybridized carbons (Fsp3) is 0.273. The lowest BCUT2D eigenvalue weighted by atomic mass is 10.2. The number of nitrogens with one attached hydrogen (secondary N) is 1. The molecule has 2 nitrogen and oxygen atoms in total. The third-order valence-corrected chi connectivity index (χ3v) is 2.74. The number of fused-ring (bicyclic) bond motifs is 1. The smallest absolute Gasteiger partial charge is 0.0467 e. The highest BCUT2D eigenvalue weighted by Crippen LogP contribution is 2.20. The number of aromatic amines is 1.